The first-order chi connectivity index (χ1) is 8.84. The molecular weight excluding hydrogens is 224 g/mol. The Morgan fingerprint density at radius 3 is 3.06 bits per heavy atom. The van der Waals surface area contributed by atoms with Crippen LogP contribution in [0, 0.1) is 6.92 Å². The zero-order valence-electron chi connectivity index (χ0n) is 10.1. The van der Waals surface area contributed by atoms with Gasteiger partial charge in [0.1, 0.15) is 0 Å². The summed E-state index contributed by atoms with van der Waals surface area (Å²) in [6.45, 7) is 2.73. The van der Waals surface area contributed by atoms with Crippen molar-refractivity contribution in [3.8, 4) is 0 Å². The summed E-state index contributed by atoms with van der Waals surface area (Å²) in [7, 11) is 0. The lowest BCUT2D eigenvalue weighted by Gasteiger charge is -2.08. The average Bonchev–Trinajstić information content (AvgIpc) is 2.82. The molecule has 4 heteroatoms. The number of nitrogens with one attached hydrogen (secondary N) is 2. The van der Waals surface area contributed by atoms with Gasteiger partial charge in [-0.1, -0.05) is 12.1 Å². The summed E-state index contributed by atoms with van der Waals surface area (Å²) >= 11 is 0. The average molecular weight is 238 g/mol. The molecule has 0 aliphatic heterocycles. The summed E-state index contributed by atoms with van der Waals surface area (Å²) in [5, 5.41) is 5.73. The Morgan fingerprint density at radius 2 is 2.22 bits per heavy atom. The first-order valence-electron chi connectivity index (χ1n) is 5.90. The molecule has 2 aromatic heterocycles. The van der Waals surface area contributed by atoms with Crippen molar-refractivity contribution in [3.05, 3.63) is 54.4 Å². The van der Waals surface area contributed by atoms with Crippen LogP contribution in [0.5, 0.6) is 0 Å². The number of aromatic nitrogens is 3. The topological polar surface area (TPSA) is 53.6 Å². The van der Waals surface area contributed by atoms with Crippen LogP contribution in [0.25, 0.3) is 10.8 Å². The number of H-pyrrole nitrogens is 1. The molecule has 3 aromatic rings. The predicted octanol–water partition coefficient (Wildman–Crippen LogP) is 2.88. The third-order valence-electron chi connectivity index (χ3n) is 3.06. The van der Waals surface area contributed by atoms with Gasteiger partial charge in [-0.3, -0.25) is 4.98 Å². The van der Waals surface area contributed by atoms with Crippen LogP contribution in [0.2, 0.25) is 0 Å². The van der Waals surface area contributed by atoms with Crippen molar-refractivity contribution in [2.75, 3.05) is 5.32 Å². The standard InChI is InChI=1S/C14H14N4/c1-10-14(18-9-17-10)8-16-13-4-2-3-11-5-6-15-7-12(11)13/h2-7,9,16H,8H2,1H3,(H,17,18). The number of hydrogen-bond donors (Lipinski definition) is 2. The minimum Gasteiger partial charge on any atom is -0.379 e. The van der Waals surface area contributed by atoms with Gasteiger partial charge in [-0.05, 0) is 24.4 Å². The van der Waals surface area contributed by atoms with Gasteiger partial charge in [-0.15, -0.1) is 0 Å². The number of anilines is 1. The number of nitrogens with zero attached hydrogens (tertiary/aromatic N) is 2. The molecule has 1 aromatic carbocycles. The molecule has 0 saturated carbocycles. The van der Waals surface area contributed by atoms with Crippen LogP contribution >= 0.6 is 0 Å². The Balaban J connectivity index is 1.89. The van der Waals surface area contributed by atoms with E-state index in [1.807, 2.05) is 31.5 Å². The van der Waals surface area contributed by atoms with Crippen molar-refractivity contribution < 1.29 is 0 Å². The van der Waals surface area contributed by atoms with Crippen LogP contribution in [0.3, 0.4) is 0 Å². The normalized spacial score (nSPS) is 10.7. The lowest BCUT2D eigenvalue weighted by Crippen LogP contribution is -2.01. The Labute approximate surface area is 105 Å². The zero-order valence-corrected chi connectivity index (χ0v) is 10.1. The molecule has 2 N–H and O–H groups in total. The van der Waals surface area contributed by atoms with Gasteiger partial charge in [-0.2, -0.15) is 0 Å². The fraction of sp³-hybridized carbons (Fsp3) is 0.143. The van der Waals surface area contributed by atoms with Gasteiger partial charge in [-0.25, -0.2) is 4.98 Å². The molecule has 0 spiro atoms. The van der Waals surface area contributed by atoms with Crippen molar-refractivity contribution in [2.45, 2.75) is 13.5 Å². The summed E-state index contributed by atoms with van der Waals surface area (Å²) in [6, 6.07) is 8.20. The maximum absolute atomic E-state index is 4.28. The van der Waals surface area contributed by atoms with Crippen molar-refractivity contribution in [3.63, 3.8) is 0 Å². The summed E-state index contributed by atoms with van der Waals surface area (Å²) in [6.07, 6.45) is 5.41. The van der Waals surface area contributed by atoms with Gasteiger partial charge < -0.3 is 10.3 Å². The van der Waals surface area contributed by atoms with E-state index in [4.69, 9.17) is 0 Å². The van der Waals surface area contributed by atoms with E-state index in [1.165, 1.54) is 5.39 Å². The molecule has 0 bridgehead atoms. The Kier molecular flexibility index (Phi) is 2.68. The number of fused-ring (bicyclic) bond motifs is 1. The maximum Gasteiger partial charge on any atom is 0.0925 e. The number of aryl methyl sites for hydroxylation is 1. The summed E-state index contributed by atoms with van der Waals surface area (Å²) in [5.74, 6) is 0. The van der Waals surface area contributed by atoms with E-state index >= 15 is 0 Å². The molecule has 0 aliphatic carbocycles. The SMILES string of the molecule is Cc1[nH]cnc1CNc1cccc2ccncc12. The van der Waals surface area contributed by atoms with Crippen LogP contribution in [0.4, 0.5) is 5.69 Å². The van der Waals surface area contributed by atoms with Gasteiger partial charge in [0.15, 0.2) is 0 Å². The summed E-state index contributed by atoms with van der Waals surface area (Å²) in [4.78, 5) is 11.5. The maximum atomic E-state index is 4.28. The lowest BCUT2D eigenvalue weighted by atomic mass is 10.1. The smallest absolute Gasteiger partial charge is 0.0925 e. The predicted molar refractivity (Wildman–Crippen MR) is 72.4 cm³/mol. The molecule has 0 radical (unpaired) electrons. The highest BCUT2D eigenvalue weighted by molar-refractivity contribution is 5.92. The molecule has 0 amide bonds. The zero-order chi connectivity index (χ0) is 12.4. The Morgan fingerprint density at radius 1 is 1.28 bits per heavy atom. The molecule has 3 rings (SSSR count). The minimum absolute atomic E-state index is 0.712. The molecule has 0 aliphatic rings. The van der Waals surface area contributed by atoms with Crippen LogP contribution in [-0.2, 0) is 6.54 Å². The fourth-order valence-corrected chi connectivity index (χ4v) is 2.01. The fourth-order valence-electron chi connectivity index (χ4n) is 2.01. The highest BCUT2D eigenvalue weighted by Gasteiger charge is 2.03. The number of benzene rings is 1. The van der Waals surface area contributed by atoms with E-state index in [2.05, 4.69) is 32.4 Å². The first-order valence-corrected chi connectivity index (χ1v) is 5.90. The molecule has 0 fully saturated rings. The van der Waals surface area contributed by atoms with Gasteiger partial charge in [0.25, 0.3) is 0 Å². The third kappa shape index (κ3) is 1.93. The highest BCUT2D eigenvalue weighted by atomic mass is 14.9. The second-order valence-corrected chi connectivity index (χ2v) is 4.23. The number of pyridine rings is 1. The summed E-state index contributed by atoms with van der Waals surface area (Å²) in [5.41, 5.74) is 3.22. The van der Waals surface area contributed by atoms with Crippen molar-refractivity contribution in [1.29, 1.82) is 0 Å². The van der Waals surface area contributed by atoms with Crippen molar-refractivity contribution in [2.24, 2.45) is 0 Å². The van der Waals surface area contributed by atoms with Gasteiger partial charge in [0, 0.05) is 29.2 Å². The lowest BCUT2D eigenvalue weighted by molar-refractivity contribution is 1.05. The van der Waals surface area contributed by atoms with E-state index in [9.17, 15) is 0 Å². The highest BCUT2D eigenvalue weighted by Crippen LogP contribution is 2.22. The van der Waals surface area contributed by atoms with Gasteiger partial charge in [0.2, 0.25) is 0 Å². The van der Waals surface area contributed by atoms with E-state index in [0.717, 1.165) is 22.5 Å². The number of hydrogen-bond acceptors (Lipinski definition) is 3. The van der Waals surface area contributed by atoms with Crippen LogP contribution < -0.4 is 5.32 Å². The molecule has 4 nitrogen and oxygen atoms in total. The quantitative estimate of drug-likeness (QED) is 0.737. The molecule has 2 heterocycles. The molecule has 18 heavy (non-hydrogen) atoms. The van der Waals surface area contributed by atoms with E-state index in [1.54, 1.807) is 6.33 Å². The van der Waals surface area contributed by atoms with E-state index < -0.39 is 0 Å². The van der Waals surface area contributed by atoms with Crippen molar-refractivity contribution >= 4 is 16.5 Å². The van der Waals surface area contributed by atoms with E-state index in [-0.39, 0.29) is 0 Å². The number of imidazole rings is 1. The monoisotopic (exact) mass is 238 g/mol. The third-order valence-corrected chi connectivity index (χ3v) is 3.06. The largest absolute Gasteiger partial charge is 0.379 e. The van der Waals surface area contributed by atoms with E-state index in [0.29, 0.717) is 6.54 Å². The Hall–Kier alpha value is -2.36. The van der Waals surface area contributed by atoms with Crippen LogP contribution in [-0.4, -0.2) is 15.0 Å². The van der Waals surface area contributed by atoms with Crippen LogP contribution in [0.15, 0.2) is 43.0 Å². The second-order valence-electron chi connectivity index (χ2n) is 4.23. The molecule has 90 valence electrons. The van der Waals surface area contributed by atoms with Gasteiger partial charge in [0.05, 0.1) is 18.6 Å². The molecule has 0 atom stereocenters. The second kappa shape index (κ2) is 4.49. The molecular formula is C14H14N4. The van der Waals surface area contributed by atoms with Crippen LogP contribution in [0.1, 0.15) is 11.4 Å². The molecule has 0 saturated heterocycles. The molecule has 0 unspecified atom stereocenters. The minimum atomic E-state index is 0.712. The van der Waals surface area contributed by atoms with Gasteiger partial charge >= 0.3 is 0 Å². The first kappa shape index (κ1) is 10.8. The Bertz CT molecular complexity index is 667. The number of aromatic amines is 1. The van der Waals surface area contributed by atoms with Crippen molar-refractivity contribution in [1.82, 2.24) is 15.0 Å². The summed E-state index contributed by atoms with van der Waals surface area (Å²) < 4.78 is 0. The number of rotatable bonds is 3.